The molecule has 3 fully saturated rings. The zero-order valence-electron chi connectivity index (χ0n) is 14.6. The minimum Gasteiger partial charge on any atom is -0.456 e. The third-order valence-electron chi connectivity index (χ3n) is 5.48. The van der Waals surface area contributed by atoms with Gasteiger partial charge in [-0.05, 0) is 50.9 Å². The van der Waals surface area contributed by atoms with Gasteiger partial charge in [-0.2, -0.15) is 5.10 Å². The van der Waals surface area contributed by atoms with Crippen LogP contribution in [0.5, 0.6) is 0 Å². The van der Waals surface area contributed by atoms with Crippen LogP contribution >= 0.6 is 11.3 Å². The molecular formula is C19H20N4O2S. The Morgan fingerprint density at radius 1 is 1.35 bits per heavy atom. The molecule has 1 atom stereocenters. The highest BCUT2D eigenvalue weighted by Gasteiger charge is 2.37. The van der Waals surface area contributed by atoms with Crippen LogP contribution in [0.25, 0.3) is 21.5 Å². The van der Waals surface area contributed by atoms with Crippen molar-refractivity contribution in [3.8, 4) is 10.6 Å². The fourth-order valence-corrected chi connectivity index (χ4v) is 4.79. The quantitative estimate of drug-likeness (QED) is 0.719. The zero-order chi connectivity index (χ0) is 17.7. The van der Waals surface area contributed by atoms with Gasteiger partial charge in [-0.25, -0.2) is 9.78 Å². The smallest absolute Gasteiger partial charge is 0.359 e. The summed E-state index contributed by atoms with van der Waals surface area (Å²) in [5.74, 6) is 0.168. The van der Waals surface area contributed by atoms with Gasteiger partial charge < -0.3 is 4.74 Å². The van der Waals surface area contributed by atoms with E-state index in [-0.39, 0.29) is 12.1 Å². The Labute approximate surface area is 155 Å². The first kappa shape index (κ1) is 16.0. The molecule has 1 N–H and O–H groups in total. The van der Waals surface area contributed by atoms with E-state index in [1.165, 1.54) is 4.88 Å². The zero-order valence-corrected chi connectivity index (χ0v) is 15.4. The summed E-state index contributed by atoms with van der Waals surface area (Å²) in [6.45, 7) is 5.15. The molecule has 0 spiro atoms. The largest absolute Gasteiger partial charge is 0.456 e. The first-order chi connectivity index (χ1) is 12.7. The molecule has 0 radical (unpaired) electrons. The van der Waals surface area contributed by atoms with Gasteiger partial charge in [0, 0.05) is 28.6 Å². The number of benzene rings is 1. The number of ether oxygens (including phenoxy) is 1. The number of nitrogens with one attached hydrogen (secondary N) is 1. The van der Waals surface area contributed by atoms with Crippen molar-refractivity contribution in [3.63, 3.8) is 0 Å². The van der Waals surface area contributed by atoms with E-state index in [1.54, 1.807) is 11.3 Å². The van der Waals surface area contributed by atoms with E-state index in [2.05, 4.69) is 20.1 Å². The number of piperidine rings is 3. The lowest BCUT2D eigenvalue weighted by molar-refractivity contribution is -0.0458. The molecule has 0 unspecified atom stereocenters. The Morgan fingerprint density at radius 2 is 2.19 bits per heavy atom. The van der Waals surface area contributed by atoms with Crippen molar-refractivity contribution in [2.75, 3.05) is 19.6 Å². The molecule has 2 bridgehead atoms. The summed E-state index contributed by atoms with van der Waals surface area (Å²) in [5, 5.41) is 8.97. The van der Waals surface area contributed by atoms with Crippen molar-refractivity contribution in [1.82, 2.24) is 20.1 Å². The normalized spacial score (nSPS) is 24.9. The summed E-state index contributed by atoms with van der Waals surface area (Å²) in [6.07, 6.45) is 4.11. The van der Waals surface area contributed by atoms with Crippen LogP contribution in [0, 0.1) is 12.8 Å². The fraction of sp³-hybridized carbons (Fsp3) is 0.421. The van der Waals surface area contributed by atoms with Gasteiger partial charge in [-0.15, -0.1) is 11.3 Å². The average Bonchev–Trinajstić information content (AvgIpc) is 3.28. The number of thiazole rings is 1. The molecule has 3 saturated heterocycles. The van der Waals surface area contributed by atoms with E-state index in [9.17, 15) is 4.79 Å². The molecule has 3 aromatic rings. The van der Waals surface area contributed by atoms with E-state index in [4.69, 9.17) is 4.74 Å². The van der Waals surface area contributed by atoms with Crippen molar-refractivity contribution in [2.45, 2.75) is 25.9 Å². The molecule has 0 saturated carbocycles. The lowest BCUT2D eigenvalue weighted by Gasteiger charge is -2.43. The van der Waals surface area contributed by atoms with Gasteiger partial charge in [0.2, 0.25) is 0 Å². The van der Waals surface area contributed by atoms with Crippen molar-refractivity contribution < 1.29 is 9.53 Å². The first-order valence-electron chi connectivity index (χ1n) is 9.01. The summed E-state index contributed by atoms with van der Waals surface area (Å²) < 4.78 is 5.82. The lowest BCUT2D eigenvalue weighted by Crippen LogP contribution is -2.51. The number of esters is 1. The van der Waals surface area contributed by atoms with Crippen molar-refractivity contribution in [2.24, 2.45) is 5.92 Å². The summed E-state index contributed by atoms with van der Waals surface area (Å²) in [4.78, 5) is 20.7. The monoisotopic (exact) mass is 368 g/mol. The lowest BCUT2D eigenvalue weighted by atomic mass is 9.86. The number of aromatic amines is 1. The standard InChI is InChI=1S/C19H20N4O2S/c1-11-9-20-18(26-11)13-2-3-14-15(8-13)21-22-17(14)19(24)25-16-10-23-6-4-12(16)5-7-23/h2-3,8-9,12,16H,4-7,10H2,1H3,(H,21,22)/t16-/m1/s1. The molecule has 134 valence electrons. The number of fused-ring (bicyclic) bond motifs is 4. The van der Waals surface area contributed by atoms with Gasteiger partial charge >= 0.3 is 5.97 Å². The van der Waals surface area contributed by atoms with E-state index < -0.39 is 0 Å². The van der Waals surface area contributed by atoms with Crippen LogP contribution in [0.4, 0.5) is 0 Å². The number of hydrogen-bond donors (Lipinski definition) is 1. The van der Waals surface area contributed by atoms with Gasteiger partial charge in [0.25, 0.3) is 0 Å². The van der Waals surface area contributed by atoms with Crippen LogP contribution in [0.1, 0.15) is 28.2 Å². The summed E-state index contributed by atoms with van der Waals surface area (Å²) >= 11 is 1.65. The molecule has 26 heavy (non-hydrogen) atoms. The van der Waals surface area contributed by atoms with Gasteiger partial charge in [-0.1, -0.05) is 6.07 Å². The first-order valence-corrected chi connectivity index (χ1v) is 9.83. The molecule has 6 nitrogen and oxygen atoms in total. The molecular weight excluding hydrogens is 348 g/mol. The maximum absolute atomic E-state index is 12.7. The number of H-pyrrole nitrogens is 1. The molecule has 3 aliphatic rings. The topological polar surface area (TPSA) is 71.1 Å². The second kappa shape index (κ2) is 6.17. The van der Waals surface area contributed by atoms with E-state index >= 15 is 0 Å². The average molecular weight is 368 g/mol. The highest BCUT2D eigenvalue weighted by atomic mass is 32.1. The Hall–Kier alpha value is -2.25. The Bertz CT molecular complexity index is 971. The maximum Gasteiger partial charge on any atom is 0.359 e. The number of aryl methyl sites for hydroxylation is 1. The van der Waals surface area contributed by atoms with Crippen LogP contribution < -0.4 is 0 Å². The predicted molar refractivity (Wildman–Crippen MR) is 100 cm³/mol. The van der Waals surface area contributed by atoms with Gasteiger partial charge in [0.1, 0.15) is 11.1 Å². The van der Waals surface area contributed by atoms with Crippen LogP contribution in [0.3, 0.4) is 0 Å². The molecule has 3 aliphatic heterocycles. The van der Waals surface area contributed by atoms with Gasteiger partial charge in [0.15, 0.2) is 5.69 Å². The van der Waals surface area contributed by atoms with E-state index in [1.807, 2.05) is 31.3 Å². The van der Waals surface area contributed by atoms with Crippen LogP contribution in [-0.2, 0) is 4.74 Å². The predicted octanol–water partition coefficient (Wildman–Crippen LogP) is 3.25. The fourth-order valence-electron chi connectivity index (χ4n) is 4.03. The molecule has 2 aromatic heterocycles. The second-order valence-corrected chi connectivity index (χ2v) is 8.43. The molecule has 0 aliphatic carbocycles. The third kappa shape index (κ3) is 2.71. The van der Waals surface area contributed by atoms with Gasteiger partial charge in [0.05, 0.1) is 5.52 Å². The molecule has 6 rings (SSSR count). The number of carbonyl (C=O) groups is 1. The summed E-state index contributed by atoms with van der Waals surface area (Å²) in [7, 11) is 0. The van der Waals surface area contributed by atoms with Crippen LogP contribution in [0.15, 0.2) is 24.4 Å². The number of aromatic nitrogens is 3. The third-order valence-corrected chi connectivity index (χ3v) is 6.44. The maximum atomic E-state index is 12.7. The number of rotatable bonds is 3. The summed E-state index contributed by atoms with van der Waals surface area (Å²) in [5.41, 5.74) is 2.23. The molecule has 5 heterocycles. The molecule has 0 amide bonds. The molecule has 1 aromatic carbocycles. The Balaban J connectivity index is 1.39. The highest BCUT2D eigenvalue weighted by molar-refractivity contribution is 7.14. The van der Waals surface area contributed by atoms with Gasteiger partial charge in [-0.3, -0.25) is 10.00 Å². The second-order valence-electron chi connectivity index (χ2n) is 7.19. The Morgan fingerprint density at radius 3 is 2.88 bits per heavy atom. The van der Waals surface area contributed by atoms with Crippen LogP contribution in [0.2, 0.25) is 0 Å². The number of hydrogen-bond acceptors (Lipinski definition) is 6. The molecule has 7 heteroatoms. The van der Waals surface area contributed by atoms with Crippen molar-refractivity contribution in [1.29, 1.82) is 0 Å². The van der Waals surface area contributed by atoms with Crippen LogP contribution in [-0.4, -0.2) is 51.8 Å². The van der Waals surface area contributed by atoms with E-state index in [0.29, 0.717) is 11.6 Å². The number of nitrogens with zero attached hydrogens (tertiary/aromatic N) is 3. The summed E-state index contributed by atoms with van der Waals surface area (Å²) in [6, 6.07) is 5.91. The highest BCUT2D eigenvalue weighted by Crippen LogP contribution is 2.31. The minimum atomic E-state index is -0.326. The number of carbonyl (C=O) groups excluding carboxylic acids is 1. The SMILES string of the molecule is Cc1cnc(-c2ccc3c(C(=O)O[C@@H]4CN5CCC4CC5)n[nH]c3c2)s1. The Kier molecular flexibility index (Phi) is 3.79. The van der Waals surface area contributed by atoms with Crippen molar-refractivity contribution >= 4 is 28.2 Å². The van der Waals surface area contributed by atoms with Crippen molar-refractivity contribution in [3.05, 3.63) is 35.0 Å². The van der Waals surface area contributed by atoms with E-state index in [0.717, 1.165) is 53.9 Å². The minimum absolute atomic E-state index is 0.00526.